The SMILES string of the molecule is [2H]C1(c2ccc(Cl)c(F)c2)OC(N)=C(OS(=O)(=O)Cc2ccccc2)C1=O. The highest BCUT2D eigenvalue weighted by Gasteiger charge is 2.39. The Kier molecular flexibility index (Phi) is 4.52. The highest BCUT2D eigenvalue weighted by atomic mass is 35.5. The Bertz CT molecular complexity index is 1040. The summed E-state index contributed by atoms with van der Waals surface area (Å²) in [6.45, 7) is 0. The first-order valence-electron chi connectivity index (χ1n) is 7.77. The molecule has 0 aromatic heterocycles. The van der Waals surface area contributed by atoms with Gasteiger partial charge in [-0.2, -0.15) is 8.42 Å². The van der Waals surface area contributed by atoms with Gasteiger partial charge < -0.3 is 14.7 Å². The zero-order chi connectivity index (χ0) is 19.8. The number of carbonyl (C=O) groups is 1. The van der Waals surface area contributed by atoms with Crippen LogP contribution in [0.5, 0.6) is 0 Å². The van der Waals surface area contributed by atoms with E-state index in [-0.39, 0.29) is 10.6 Å². The zero-order valence-corrected chi connectivity index (χ0v) is 14.7. The molecule has 2 aromatic rings. The molecule has 0 saturated heterocycles. The maximum atomic E-state index is 13.7. The Morgan fingerprint density at radius 2 is 1.96 bits per heavy atom. The molecule has 0 spiro atoms. The second-order valence-corrected chi connectivity index (χ2v) is 7.33. The molecule has 0 amide bonds. The summed E-state index contributed by atoms with van der Waals surface area (Å²) in [5.74, 6) is -4.06. The summed E-state index contributed by atoms with van der Waals surface area (Å²) in [4.78, 5) is 12.6. The summed E-state index contributed by atoms with van der Waals surface area (Å²) in [5, 5.41) is -0.212. The van der Waals surface area contributed by atoms with Gasteiger partial charge in [-0.05, 0) is 17.7 Å². The van der Waals surface area contributed by atoms with E-state index in [1.807, 2.05) is 0 Å². The average Bonchev–Trinajstić information content (AvgIpc) is 2.81. The van der Waals surface area contributed by atoms with E-state index >= 15 is 0 Å². The van der Waals surface area contributed by atoms with Crippen molar-refractivity contribution in [2.75, 3.05) is 0 Å². The van der Waals surface area contributed by atoms with Crippen LogP contribution in [0.1, 0.15) is 18.6 Å². The highest BCUT2D eigenvalue weighted by Crippen LogP contribution is 2.33. The Hall–Kier alpha value is -2.58. The quantitative estimate of drug-likeness (QED) is 0.778. The van der Waals surface area contributed by atoms with Crippen molar-refractivity contribution in [3.05, 3.63) is 82.1 Å². The molecular formula is C17H13ClFNO5S. The van der Waals surface area contributed by atoms with Crippen LogP contribution in [-0.2, 0) is 29.6 Å². The van der Waals surface area contributed by atoms with Gasteiger partial charge in [0.15, 0.2) is 6.08 Å². The van der Waals surface area contributed by atoms with Crippen molar-refractivity contribution < 1.29 is 27.9 Å². The van der Waals surface area contributed by atoms with Crippen LogP contribution in [0, 0.1) is 5.82 Å². The van der Waals surface area contributed by atoms with Crippen LogP contribution in [0.4, 0.5) is 4.39 Å². The maximum Gasteiger partial charge on any atom is 0.313 e. The van der Waals surface area contributed by atoms with E-state index < -0.39 is 45.2 Å². The molecule has 0 bridgehead atoms. The molecule has 136 valence electrons. The van der Waals surface area contributed by atoms with E-state index in [1.165, 1.54) is 6.07 Å². The van der Waals surface area contributed by atoms with Crippen LogP contribution in [0.25, 0.3) is 0 Å². The summed E-state index contributed by atoms with van der Waals surface area (Å²) in [7, 11) is -4.25. The number of ether oxygens (including phenoxy) is 1. The summed E-state index contributed by atoms with van der Waals surface area (Å²) in [6, 6.07) is 11.3. The number of benzene rings is 2. The fourth-order valence-electron chi connectivity index (χ4n) is 2.26. The van der Waals surface area contributed by atoms with Crippen molar-refractivity contribution in [1.82, 2.24) is 0 Å². The Labute approximate surface area is 155 Å². The minimum Gasteiger partial charge on any atom is -0.460 e. The molecule has 9 heteroatoms. The topological polar surface area (TPSA) is 95.7 Å². The van der Waals surface area contributed by atoms with E-state index in [1.54, 1.807) is 30.3 Å². The first kappa shape index (κ1) is 16.9. The van der Waals surface area contributed by atoms with Gasteiger partial charge in [-0.1, -0.05) is 48.0 Å². The zero-order valence-electron chi connectivity index (χ0n) is 14.1. The van der Waals surface area contributed by atoms with Crippen LogP contribution >= 0.6 is 11.6 Å². The number of nitrogens with two attached hydrogens (primary N) is 1. The van der Waals surface area contributed by atoms with Crippen LogP contribution in [0.3, 0.4) is 0 Å². The van der Waals surface area contributed by atoms with Gasteiger partial charge in [-0.25, -0.2) is 4.39 Å². The number of halogens is 2. The largest absolute Gasteiger partial charge is 0.460 e. The number of Topliss-reactive ketones (excluding diaryl/α,β-unsaturated/α-hetero) is 1. The summed E-state index contributed by atoms with van der Waals surface area (Å²) < 4.78 is 56.2. The fraction of sp³-hybridized carbons (Fsp3) is 0.118. The molecule has 1 unspecified atom stereocenters. The van der Waals surface area contributed by atoms with Gasteiger partial charge in [0, 0.05) is 5.56 Å². The van der Waals surface area contributed by atoms with E-state index in [0.717, 1.165) is 12.1 Å². The average molecular weight is 399 g/mol. The van der Waals surface area contributed by atoms with Gasteiger partial charge in [0.05, 0.1) is 6.39 Å². The summed E-state index contributed by atoms with van der Waals surface area (Å²) in [6.07, 6.45) is -2.48. The molecule has 26 heavy (non-hydrogen) atoms. The van der Waals surface area contributed by atoms with Crippen LogP contribution < -0.4 is 5.73 Å². The van der Waals surface area contributed by atoms with Crippen LogP contribution in [0.15, 0.2) is 60.2 Å². The number of hydrogen-bond acceptors (Lipinski definition) is 6. The lowest BCUT2D eigenvalue weighted by Gasteiger charge is -2.10. The number of hydrogen-bond donors (Lipinski definition) is 1. The first-order valence-corrected chi connectivity index (χ1v) is 9.23. The molecule has 2 aromatic carbocycles. The van der Waals surface area contributed by atoms with Crippen molar-refractivity contribution in [3.63, 3.8) is 0 Å². The van der Waals surface area contributed by atoms with Crippen molar-refractivity contribution in [2.45, 2.75) is 11.8 Å². The van der Waals surface area contributed by atoms with Gasteiger partial charge >= 0.3 is 10.1 Å². The summed E-state index contributed by atoms with van der Waals surface area (Å²) in [5.41, 5.74) is 5.78. The Morgan fingerprint density at radius 3 is 2.62 bits per heavy atom. The first-order chi connectivity index (χ1) is 12.6. The van der Waals surface area contributed by atoms with Crippen molar-refractivity contribution in [2.24, 2.45) is 5.73 Å². The van der Waals surface area contributed by atoms with Gasteiger partial charge in [0.25, 0.3) is 0 Å². The normalized spacial score (nSPS) is 20.7. The molecule has 6 nitrogen and oxygen atoms in total. The maximum absolute atomic E-state index is 13.7. The molecule has 3 rings (SSSR count). The molecule has 1 aliphatic heterocycles. The fourth-order valence-corrected chi connectivity index (χ4v) is 3.45. The number of carbonyl (C=O) groups excluding carboxylic acids is 1. The lowest BCUT2D eigenvalue weighted by Crippen LogP contribution is -2.16. The van der Waals surface area contributed by atoms with Crippen LogP contribution in [0.2, 0.25) is 5.02 Å². The molecule has 0 saturated carbocycles. The molecule has 0 fully saturated rings. The predicted molar refractivity (Wildman–Crippen MR) is 91.6 cm³/mol. The van der Waals surface area contributed by atoms with Gasteiger partial charge in [-0.15, -0.1) is 0 Å². The molecule has 1 heterocycles. The number of rotatable bonds is 5. The second-order valence-electron chi connectivity index (χ2n) is 5.35. The Morgan fingerprint density at radius 1 is 1.27 bits per heavy atom. The van der Waals surface area contributed by atoms with E-state index in [4.69, 9.17) is 27.6 Å². The molecule has 2 N–H and O–H groups in total. The molecule has 1 atom stereocenters. The minimum atomic E-state index is -4.25. The predicted octanol–water partition coefficient (Wildman–Crippen LogP) is 2.79. The summed E-state index contributed by atoms with van der Waals surface area (Å²) >= 11 is 5.59. The number of ketones is 1. The molecule has 0 radical (unpaired) electrons. The van der Waals surface area contributed by atoms with Gasteiger partial charge in [0.2, 0.25) is 17.4 Å². The van der Waals surface area contributed by atoms with Gasteiger partial charge in [0.1, 0.15) is 11.6 Å². The van der Waals surface area contributed by atoms with Crippen LogP contribution in [-0.4, -0.2) is 14.2 Å². The van der Waals surface area contributed by atoms with E-state index in [0.29, 0.717) is 5.56 Å². The molecule has 0 aliphatic carbocycles. The van der Waals surface area contributed by atoms with Gasteiger partial charge in [-0.3, -0.25) is 4.79 Å². The highest BCUT2D eigenvalue weighted by molar-refractivity contribution is 7.86. The van der Waals surface area contributed by atoms with Crippen molar-refractivity contribution in [3.8, 4) is 0 Å². The third-order valence-corrected chi connectivity index (χ3v) is 4.84. The minimum absolute atomic E-state index is 0.212. The Balaban J connectivity index is 1.86. The second kappa shape index (κ2) is 6.97. The standard InChI is InChI=1S/C17H13ClFNO5S/c18-12-7-6-11(8-13(12)19)15-14(21)16(17(20)24-15)25-26(22,23)9-10-4-2-1-3-5-10/h1-8,15H,9,20H2/i15D. The lowest BCUT2D eigenvalue weighted by molar-refractivity contribution is -0.123. The molecule has 1 aliphatic rings. The molecular weight excluding hydrogens is 385 g/mol. The van der Waals surface area contributed by atoms with E-state index in [2.05, 4.69) is 0 Å². The smallest absolute Gasteiger partial charge is 0.313 e. The third-order valence-electron chi connectivity index (χ3n) is 3.43. The van der Waals surface area contributed by atoms with E-state index in [9.17, 15) is 17.6 Å². The van der Waals surface area contributed by atoms with Crippen molar-refractivity contribution in [1.29, 1.82) is 0 Å². The third kappa shape index (κ3) is 3.81. The monoisotopic (exact) mass is 398 g/mol. The van der Waals surface area contributed by atoms with Crippen molar-refractivity contribution >= 4 is 27.5 Å². The lowest BCUT2D eigenvalue weighted by atomic mass is 10.1.